The van der Waals surface area contributed by atoms with Gasteiger partial charge >= 0.3 is 0 Å². The number of nitrogens with one attached hydrogen (secondary N) is 1. The van der Waals surface area contributed by atoms with E-state index in [0.29, 0.717) is 35.9 Å². The molecule has 0 atom stereocenters. The molecule has 0 fully saturated rings. The van der Waals surface area contributed by atoms with E-state index in [9.17, 15) is 9.59 Å². The lowest BCUT2D eigenvalue weighted by Crippen LogP contribution is -2.24. The van der Waals surface area contributed by atoms with Gasteiger partial charge in [0.15, 0.2) is 21.6 Å². The van der Waals surface area contributed by atoms with Gasteiger partial charge in [0.1, 0.15) is 12.4 Å². The van der Waals surface area contributed by atoms with Gasteiger partial charge in [-0.15, -0.1) is 11.3 Å². The smallest absolute Gasteiger partial charge is 0.231 e. The van der Waals surface area contributed by atoms with Gasteiger partial charge in [-0.1, -0.05) is 54.2 Å². The number of fused-ring (bicyclic) bond motifs is 1. The Hall–Kier alpha value is -3.82. The molecule has 2 heterocycles. The number of ether oxygens (including phenoxy) is 3. The summed E-state index contributed by atoms with van der Waals surface area (Å²) in [7, 11) is 0. The minimum Gasteiger partial charge on any atom is -0.489 e. The number of carbonyl (C=O) groups is 2. The van der Waals surface area contributed by atoms with Crippen molar-refractivity contribution in [1.82, 2.24) is 10.3 Å². The molecule has 7 nitrogen and oxygen atoms in total. The zero-order valence-corrected chi connectivity index (χ0v) is 21.5. The van der Waals surface area contributed by atoms with Gasteiger partial charge in [0.05, 0.1) is 17.9 Å². The summed E-state index contributed by atoms with van der Waals surface area (Å²) in [4.78, 5) is 29.4. The van der Waals surface area contributed by atoms with E-state index in [1.807, 2.05) is 60.0 Å². The van der Waals surface area contributed by atoms with Crippen molar-refractivity contribution in [1.29, 1.82) is 0 Å². The summed E-state index contributed by atoms with van der Waals surface area (Å²) in [5.41, 5.74) is 3.35. The largest absolute Gasteiger partial charge is 0.489 e. The maximum absolute atomic E-state index is 12.5. The van der Waals surface area contributed by atoms with E-state index >= 15 is 0 Å². The molecule has 1 aliphatic rings. The molecule has 3 aromatic carbocycles. The van der Waals surface area contributed by atoms with Gasteiger partial charge in [0.2, 0.25) is 12.7 Å². The van der Waals surface area contributed by atoms with Crippen LogP contribution in [0.4, 0.5) is 0 Å². The number of carbonyl (C=O) groups excluding carboxylic acids is 2. The summed E-state index contributed by atoms with van der Waals surface area (Å²) < 4.78 is 17.2. The van der Waals surface area contributed by atoms with E-state index in [4.69, 9.17) is 14.2 Å². The Bertz CT molecular complexity index is 1370. The monoisotopic (exact) mass is 532 g/mol. The number of benzene rings is 3. The van der Waals surface area contributed by atoms with Crippen molar-refractivity contribution in [3.8, 4) is 17.2 Å². The third kappa shape index (κ3) is 6.90. The molecule has 0 spiro atoms. The fourth-order valence-electron chi connectivity index (χ4n) is 3.59. The molecule has 9 heteroatoms. The highest BCUT2D eigenvalue weighted by molar-refractivity contribution is 8.01. The van der Waals surface area contributed by atoms with Gasteiger partial charge < -0.3 is 19.5 Å². The molecule has 0 radical (unpaired) electrons. The first-order chi connectivity index (χ1) is 18.1. The van der Waals surface area contributed by atoms with Crippen LogP contribution in [0.15, 0.2) is 82.5 Å². The molecule has 0 unspecified atom stereocenters. The lowest BCUT2D eigenvalue weighted by molar-refractivity contribution is -0.120. The molecule has 0 bridgehead atoms. The van der Waals surface area contributed by atoms with Crippen molar-refractivity contribution in [3.63, 3.8) is 0 Å². The number of thioether (sulfide) groups is 1. The normalized spacial score (nSPS) is 11.8. The van der Waals surface area contributed by atoms with Crippen molar-refractivity contribution in [2.75, 3.05) is 12.5 Å². The Morgan fingerprint density at radius 3 is 2.62 bits per heavy atom. The Morgan fingerprint density at radius 1 is 0.973 bits per heavy atom. The number of hydrogen-bond acceptors (Lipinski definition) is 8. The average molecular weight is 533 g/mol. The van der Waals surface area contributed by atoms with E-state index in [1.54, 1.807) is 18.2 Å². The summed E-state index contributed by atoms with van der Waals surface area (Å²) in [6, 6.07) is 22.9. The van der Waals surface area contributed by atoms with Gasteiger partial charge in [-0.2, -0.15) is 0 Å². The first-order valence-electron chi connectivity index (χ1n) is 11.6. The lowest BCUT2D eigenvalue weighted by atomic mass is 10.1. The van der Waals surface area contributed by atoms with Gasteiger partial charge in [-0.3, -0.25) is 9.59 Å². The van der Waals surface area contributed by atoms with Crippen LogP contribution in [0.25, 0.3) is 0 Å². The van der Waals surface area contributed by atoms with E-state index < -0.39 is 0 Å². The number of ketones is 1. The number of hydrogen-bond donors (Lipinski definition) is 1. The van der Waals surface area contributed by atoms with Gasteiger partial charge in [-0.05, 0) is 41.5 Å². The molecule has 1 amide bonds. The van der Waals surface area contributed by atoms with Crippen LogP contribution in [-0.2, 0) is 24.4 Å². The third-order valence-corrected chi connectivity index (χ3v) is 7.62. The first kappa shape index (κ1) is 24.9. The average Bonchev–Trinajstić information content (AvgIpc) is 3.59. The summed E-state index contributed by atoms with van der Waals surface area (Å²) in [6.07, 6.45) is 0.186. The third-order valence-electron chi connectivity index (χ3n) is 5.55. The van der Waals surface area contributed by atoms with Crippen molar-refractivity contribution in [2.45, 2.75) is 23.9 Å². The van der Waals surface area contributed by atoms with Crippen LogP contribution in [0.5, 0.6) is 17.2 Å². The summed E-state index contributed by atoms with van der Waals surface area (Å²) >= 11 is 2.79. The molecule has 37 heavy (non-hydrogen) atoms. The van der Waals surface area contributed by atoms with Gasteiger partial charge in [-0.25, -0.2) is 4.98 Å². The Morgan fingerprint density at radius 2 is 1.78 bits per heavy atom. The number of Topliss-reactive ketones (excluding diaryl/α,β-unsaturated/α-hetero) is 1. The van der Waals surface area contributed by atoms with Crippen molar-refractivity contribution in [2.24, 2.45) is 0 Å². The fraction of sp³-hybridized carbons (Fsp3) is 0.179. The van der Waals surface area contributed by atoms with E-state index in [1.165, 1.54) is 23.1 Å². The minimum atomic E-state index is -0.109. The molecule has 5 rings (SSSR count). The van der Waals surface area contributed by atoms with Crippen LogP contribution in [-0.4, -0.2) is 29.2 Å². The lowest BCUT2D eigenvalue weighted by Gasteiger charge is -2.08. The molecule has 1 N–H and O–H groups in total. The number of rotatable bonds is 11. The molecule has 0 saturated heterocycles. The molecule has 188 valence electrons. The van der Waals surface area contributed by atoms with E-state index in [2.05, 4.69) is 10.3 Å². The SMILES string of the molecule is O=C(Cc1csc(SCC(=O)c2ccc3c(c2)OCO3)n1)NCc1ccc(OCc2ccccc2)cc1. The van der Waals surface area contributed by atoms with E-state index in [-0.39, 0.29) is 30.7 Å². The first-order valence-corrected chi connectivity index (χ1v) is 13.5. The Kier molecular flexibility index (Phi) is 8.02. The summed E-state index contributed by atoms with van der Waals surface area (Å²) in [5, 5.41) is 4.78. The second kappa shape index (κ2) is 11.9. The number of thiazole rings is 1. The fourth-order valence-corrected chi connectivity index (χ4v) is 5.33. The van der Waals surface area contributed by atoms with Crippen molar-refractivity contribution in [3.05, 3.63) is 101 Å². The summed E-state index contributed by atoms with van der Waals surface area (Å²) in [5.74, 6) is 2.15. The highest BCUT2D eigenvalue weighted by atomic mass is 32.2. The molecule has 0 saturated carbocycles. The zero-order chi connectivity index (χ0) is 25.5. The maximum Gasteiger partial charge on any atom is 0.231 e. The van der Waals surface area contributed by atoms with Crippen LogP contribution in [0.2, 0.25) is 0 Å². The van der Waals surface area contributed by atoms with Gasteiger partial charge in [0.25, 0.3) is 0 Å². The highest BCUT2D eigenvalue weighted by Gasteiger charge is 2.17. The number of aromatic nitrogens is 1. The molecule has 4 aromatic rings. The molecular weight excluding hydrogens is 508 g/mol. The quantitative estimate of drug-likeness (QED) is 0.208. The topological polar surface area (TPSA) is 86.8 Å². The number of amides is 1. The molecular formula is C28H24N2O5S2. The standard InChI is InChI=1S/C28H24N2O5S2/c31-24(21-8-11-25-26(12-21)35-18-34-25)17-37-28-30-22(16-36-28)13-27(32)29-14-19-6-9-23(10-7-19)33-15-20-4-2-1-3-5-20/h1-12,16H,13-15,17-18H2,(H,29,32). The zero-order valence-electron chi connectivity index (χ0n) is 19.8. The molecule has 0 aliphatic carbocycles. The minimum absolute atomic E-state index is 0.0192. The predicted molar refractivity (Wildman–Crippen MR) is 143 cm³/mol. The molecule has 1 aromatic heterocycles. The van der Waals surface area contributed by atoms with Crippen molar-refractivity contribution >= 4 is 34.8 Å². The second-order valence-electron chi connectivity index (χ2n) is 8.26. The van der Waals surface area contributed by atoms with E-state index in [0.717, 1.165) is 21.2 Å². The van der Waals surface area contributed by atoms with Crippen molar-refractivity contribution < 1.29 is 23.8 Å². The Labute approximate surface area is 222 Å². The Balaban J connectivity index is 1.04. The number of nitrogens with zero attached hydrogens (tertiary/aromatic N) is 1. The van der Waals surface area contributed by atoms with Crippen LogP contribution in [0.1, 0.15) is 27.2 Å². The summed E-state index contributed by atoms with van der Waals surface area (Å²) in [6.45, 7) is 1.11. The second-order valence-corrected chi connectivity index (χ2v) is 10.3. The van der Waals surface area contributed by atoms with Crippen LogP contribution in [0.3, 0.4) is 0 Å². The van der Waals surface area contributed by atoms with Crippen LogP contribution in [0, 0.1) is 0 Å². The van der Waals surface area contributed by atoms with Crippen LogP contribution < -0.4 is 19.5 Å². The van der Waals surface area contributed by atoms with Gasteiger partial charge in [0, 0.05) is 17.5 Å². The predicted octanol–water partition coefficient (Wildman–Crippen LogP) is 5.28. The maximum atomic E-state index is 12.5. The highest BCUT2D eigenvalue weighted by Crippen LogP contribution is 2.33. The van der Waals surface area contributed by atoms with Crippen LogP contribution >= 0.6 is 23.1 Å². The molecule has 1 aliphatic heterocycles.